The molecule has 0 aromatic rings. The molecule has 0 aliphatic carbocycles. The van der Waals surface area contributed by atoms with Gasteiger partial charge in [0, 0.05) is 26.2 Å². The molecule has 0 aliphatic heterocycles. The molecule has 1 atom stereocenters. The average molecular weight is 188 g/mol. The second-order valence-electron chi connectivity index (χ2n) is 3.41. The molecule has 0 amide bonds. The van der Waals surface area contributed by atoms with Crippen LogP contribution in [0.15, 0.2) is 0 Å². The fourth-order valence-corrected chi connectivity index (χ4v) is 1.14. The molecule has 0 aromatic heterocycles. The Labute approximate surface area is 82.4 Å². The third kappa shape index (κ3) is 6.99. The van der Waals surface area contributed by atoms with Gasteiger partial charge in [-0.2, -0.15) is 0 Å². The van der Waals surface area contributed by atoms with Crippen molar-refractivity contribution in [2.24, 2.45) is 0 Å². The zero-order valence-corrected chi connectivity index (χ0v) is 9.47. The SMILES string of the molecule is CCC(COC)NCCN(C)CC. The molecule has 0 fully saturated rings. The molecule has 0 rings (SSSR count). The Morgan fingerprint density at radius 1 is 1.38 bits per heavy atom. The molecule has 0 aromatic carbocycles. The molecule has 1 unspecified atom stereocenters. The summed E-state index contributed by atoms with van der Waals surface area (Å²) in [4.78, 5) is 2.30. The summed E-state index contributed by atoms with van der Waals surface area (Å²) in [6.45, 7) is 8.44. The van der Waals surface area contributed by atoms with Gasteiger partial charge in [-0.3, -0.25) is 0 Å². The van der Waals surface area contributed by atoms with Gasteiger partial charge in [-0.15, -0.1) is 0 Å². The van der Waals surface area contributed by atoms with E-state index < -0.39 is 0 Å². The van der Waals surface area contributed by atoms with Gasteiger partial charge in [0.15, 0.2) is 0 Å². The van der Waals surface area contributed by atoms with Gasteiger partial charge in [-0.25, -0.2) is 0 Å². The summed E-state index contributed by atoms with van der Waals surface area (Å²) in [5.41, 5.74) is 0. The topological polar surface area (TPSA) is 24.5 Å². The molecule has 0 aliphatic rings. The first kappa shape index (κ1) is 12.9. The Kier molecular flexibility index (Phi) is 8.40. The number of hydrogen-bond acceptors (Lipinski definition) is 3. The fourth-order valence-electron chi connectivity index (χ4n) is 1.14. The van der Waals surface area contributed by atoms with Crippen LogP contribution in [0.2, 0.25) is 0 Å². The second kappa shape index (κ2) is 8.48. The average Bonchev–Trinajstić information content (AvgIpc) is 2.16. The van der Waals surface area contributed by atoms with Gasteiger partial charge in [-0.1, -0.05) is 13.8 Å². The summed E-state index contributed by atoms with van der Waals surface area (Å²) in [7, 11) is 3.89. The van der Waals surface area contributed by atoms with Gasteiger partial charge in [0.25, 0.3) is 0 Å². The summed E-state index contributed by atoms with van der Waals surface area (Å²) < 4.78 is 5.10. The molecule has 0 spiro atoms. The molecular formula is C10H24N2O. The molecule has 0 heterocycles. The van der Waals surface area contributed by atoms with E-state index in [4.69, 9.17) is 4.74 Å². The van der Waals surface area contributed by atoms with Crippen LogP contribution in [0, 0.1) is 0 Å². The van der Waals surface area contributed by atoms with E-state index in [-0.39, 0.29) is 0 Å². The number of methoxy groups -OCH3 is 1. The Morgan fingerprint density at radius 3 is 2.54 bits per heavy atom. The standard InChI is InChI=1S/C10H24N2O/c1-5-10(9-13-4)11-7-8-12(3)6-2/h10-11H,5-9H2,1-4H3. The Hall–Kier alpha value is -0.120. The Morgan fingerprint density at radius 2 is 2.08 bits per heavy atom. The molecule has 0 saturated carbocycles. The summed E-state index contributed by atoms with van der Waals surface area (Å²) >= 11 is 0. The molecule has 3 nitrogen and oxygen atoms in total. The van der Waals surface area contributed by atoms with Gasteiger partial charge in [0.2, 0.25) is 0 Å². The second-order valence-corrected chi connectivity index (χ2v) is 3.41. The third-order valence-corrected chi connectivity index (χ3v) is 2.33. The minimum atomic E-state index is 0.509. The monoisotopic (exact) mass is 188 g/mol. The quantitative estimate of drug-likeness (QED) is 0.614. The first-order chi connectivity index (χ1) is 6.24. The summed E-state index contributed by atoms with van der Waals surface area (Å²) in [5.74, 6) is 0. The van der Waals surface area contributed by atoms with E-state index in [1.807, 2.05) is 0 Å². The molecule has 13 heavy (non-hydrogen) atoms. The normalized spacial score (nSPS) is 13.6. The minimum Gasteiger partial charge on any atom is -0.383 e. The van der Waals surface area contributed by atoms with Crippen molar-refractivity contribution in [2.45, 2.75) is 26.3 Å². The van der Waals surface area contributed by atoms with Crippen molar-refractivity contribution in [1.29, 1.82) is 0 Å². The van der Waals surface area contributed by atoms with Crippen LogP contribution < -0.4 is 5.32 Å². The van der Waals surface area contributed by atoms with Gasteiger partial charge in [-0.05, 0) is 20.0 Å². The van der Waals surface area contributed by atoms with Gasteiger partial charge < -0.3 is 15.0 Å². The third-order valence-electron chi connectivity index (χ3n) is 2.33. The number of hydrogen-bond donors (Lipinski definition) is 1. The Bertz CT molecular complexity index is 109. The van der Waals surface area contributed by atoms with E-state index in [1.165, 1.54) is 0 Å². The fraction of sp³-hybridized carbons (Fsp3) is 1.00. The maximum Gasteiger partial charge on any atom is 0.0615 e. The zero-order valence-electron chi connectivity index (χ0n) is 9.47. The largest absolute Gasteiger partial charge is 0.383 e. The van der Waals surface area contributed by atoms with Crippen molar-refractivity contribution < 1.29 is 4.74 Å². The van der Waals surface area contributed by atoms with E-state index in [0.717, 1.165) is 32.7 Å². The zero-order chi connectivity index (χ0) is 10.1. The highest BCUT2D eigenvalue weighted by Crippen LogP contribution is 1.90. The predicted molar refractivity (Wildman–Crippen MR) is 57.1 cm³/mol. The highest BCUT2D eigenvalue weighted by molar-refractivity contribution is 4.64. The molecule has 0 bridgehead atoms. The van der Waals surface area contributed by atoms with E-state index in [2.05, 4.69) is 31.1 Å². The Balaban J connectivity index is 3.37. The van der Waals surface area contributed by atoms with Crippen molar-refractivity contribution >= 4 is 0 Å². The number of likely N-dealkylation sites (N-methyl/N-ethyl adjacent to an activating group) is 1. The first-order valence-electron chi connectivity index (χ1n) is 5.15. The van der Waals surface area contributed by atoms with Crippen molar-refractivity contribution in [1.82, 2.24) is 10.2 Å². The maximum absolute atomic E-state index is 5.10. The van der Waals surface area contributed by atoms with Crippen molar-refractivity contribution in [3.8, 4) is 0 Å². The molecule has 0 saturated heterocycles. The predicted octanol–water partition coefficient (Wildman–Crippen LogP) is 0.953. The van der Waals surface area contributed by atoms with Crippen LogP contribution in [0.5, 0.6) is 0 Å². The van der Waals surface area contributed by atoms with E-state index >= 15 is 0 Å². The number of rotatable bonds is 8. The maximum atomic E-state index is 5.10. The summed E-state index contributed by atoms with van der Waals surface area (Å²) in [6, 6.07) is 0.509. The molecule has 80 valence electrons. The van der Waals surface area contributed by atoms with Crippen LogP contribution in [0.25, 0.3) is 0 Å². The van der Waals surface area contributed by atoms with E-state index in [0.29, 0.717) is 6.04 Å². The van der Waals surface area contributed by atoms with Crippen molar-refractivity contribution in [2.75, 3.05) is 40.4 Å². The molecular weight excluding hydrogens is 164 g/mol. The van der Waals surface area contributed by atoms with Gasteiger partial charge >= 0.3 is 0 Å². The lowest BCUT2D eigenvalue weighted by atomic mass is 10.2. The summed E-state index contributed by atoms with van der Waals surface area (Å²) in [5, 5.41) is 3.47. The number of nitrogens with one attached hydrogen (secondary N) is 1. The number of nitrogens with zero attached hydrogens (tertiary/aromatic N) is 1. The van der Waals surface area contributed by atoms with E-state index in [9.17, 15) is 0 Å². The lowest BCUT2D eigenvalue weighted by Crippen LogP contribution is -2.37. The van der Waals surface area contributed by atoms with Crippen LogP contribution in [0.1, 0.15) is 20.3 Å². The highest BCUT2D eigenvalue weighted by atomic mass is 16.5. The molecule has 3 heteroatoms. The van der Waals surface area contributed by atoms with Gasteiger partial charge in [0.1, 0.15) is 0 Å². The molecule has 0 radical (unpaired) electrons. The smallest absolute Gasteiger partial charge is 0.0615 e. The van der Waals surface area contributed by atoms with Crippen LogP contribution in [0.3, 0.4) is 0 Å². The number of ether oxygens (including phenoxy) is 1. The van der Waals surface area contributed by atoms with Crippen LogP contribution in [-0.2, 0) is 4.74 Å². The minimum absolute atomic E-state index is 0.509. The van der Waals surface area contributed by atoms with Gasteiger partial charge in [0.05, 0.1) is 6.61 Å². The molecule has 1 N–H and O–H groups in total. The first-order valence-corrected chi connectivity index (χ1v) is 5.15. The lowest BCUT2D eigenvalue weighted by Gasteiger charge is -2.19. The highest BCUT2D eigenvalue weighted by Gasteiger charge is 2.03. The van der Waals surface area contributed by atoms with E-state index in [1.54, 1.807) is 7.11 Å². The lowest BCUT2D eigenvalue weighted by molar-refractivity contribution is 0.162. The van der Waals surface area contributed by atoms with Crippen molar-refractivity contribution in [3.05, 3.63) is 0 Å². The van der Waals surface area contributed by atoms with Crippen LogP contribution in [-0.4, -0.2) is 51.3 Å². The summed E-state index contributed by atoms with van der Waals surface area (Å²) in [6.07, 6.45) is 1.13. The van der Waals surface area contributed by atoms with Crippen LogP contribution in [0.4, 0.5) is 0 Å². The van der Waals surface area contributed by atoms with Crippen LogP contribution >= 0.6 is 0 Å². The van der Waals surface area contributed by atoms with Crippen molar-refractivity contribution in [3.63, 3.8) is 0 Å².